The van der Waals surface area contributed by atoms with Crippen molar-refractivity contribution in [2.75, 3.05) is 26.7 Å². The van der Waals surface area contributed by atoms with Crippen LogP contribution in [0.5, 0.6) is 5.75 Å². The minimum atomic E-state index is -1.05. The molecular formula is C30H35N3O4. The Hall–Kier alpha value is -3.68. The summed E-state index contributed by atoms with van der Waals surface area (Å²) in [6, 6.07) is 25.5. The minimum absolute atomic E-state index is 0.180. The number of carboxylic acids is 1. The fourth-order valence-electron chi connectivity index (χ4n) is 5.23. The molecule has 0 aromatic heterocycles. The zero-order valence-corrected chi connectivity index (χ0v) is 21.6. The fourth-order valence-corrected chi connectivity index (χ4v) is 5.23. The Morgan fingerprint density at radius 2 is 1.59 bits per heavy atom. The molecule has 1 aliphatic heterocycles. The Bertz CT molecular complexity index is 1230. The second-order valence-electron chi connectivity index (χ2n) is 9.99. The number of aromatic hydroxyl groups is 1. The summed E-state index contributed by atoms with van der Waals surface area (Å²) >= 11 is 0. The van der Waals surface area contributed by atoms with Crippen LogP contribution in [-0.4, -0.2) is 75.6 Å². The van der Waals surface area contributed by atoms with Gasteiger partial charge in [0.15, 0.2) is 0 Å². The molecule has 7 nitrogen and oxygen atoms in total. The van der Waals surface area contributed by atoms with Crippen molar-refractivity contribution in [2.45, 2.75) is 38.5 Å². The van der Waals surface area contributed by atoms with Crippen molar-refractivity contribution < 1.29 is 19.8 Å². The Balaban J connectivity index is 1.65. The number of phenolic OH excluding ortho intramolecular Hbond substituents is 1. The van der Waals surface area contributed by atoms with Gasteiger partial charge in [-0.15, -0.1) is 0 Å². The lowest BCUT2D eigenvalue weighted by Gasteiger charge is -2.47. The van der Waals surface area contributed by atoms with Gasteiger partial charge >= 0.3 is 5.97 Å². The second kappa shape index (κ2) is 11.6. The molecule has 0 unspecified atom stereocenters. The zero-order valence-electron chi connectivity index (χ0n) is 21.6. The predicted octanol–water partition coefficient (Wildman–Crippen LogP) is 4.23. The van der Waals surface area contributed by atoms with E-state index >= 15 is 0 Å². The van der Waals surface area contributed by atoms with E-state index in [-0.39, 0.29) is 30.3 Å². The third-order valence-electron chi connectivity index (χ3n) is 7.08. The van der Waals surface area contributed by atoms with Gasteiger partial charge in [-0.25, -0.2) is 0 Å². The summed E-state index contributed by atoms with van der Waals surface area (Å²) in [5.74, 6) is -1.20. The van der Waals surface area contributed by atoms with Gasteiger partial charge in [-0.05, 0) is 54.8 Å². The summed E-state index contributed by atoms with van der Waals surface area (Å²) in [5.41, 5.74) is 3.60. The molecule has 1 heterocycles. The van der Waals surface area contributed by atoms with Crippen LogP contribution in [0.2, 0.25) is 0 Å². The largest absolute Gasteiger partial charge is 0.508 e. The van der Waals surface area contributed by atoms with Crippen molar-refractivity contribution in [3.63, 3.8) is 0 Å². The highest BCUT2D eigenvalue weighted by atomic mass is 16.4. The molecule has 1 amide bonds. The molecule has 0 spiro atoms. The summed E-state index contributed by atoms with van der Waals surface area (Å²) < 4.78 is 0. The number of hydrogen-bond donors (Lipinski definition) is 2. The van der Waals surface area contributed by atoms with E-state index < -0.39 is 5.97 Å². The SMILES string of the molecule is C[C@@H]1CN([C@@H](c2cccc(O)c2)c2cccc(C(=O)N(C)CC(=O)O)c2)[C@@H](C)CN1Cc1ccccc1. The Morgan fingerprint density at radius 3 is 2.27 bits per heavy atom. The lowest BCUT2D eigenvalue weighted by Crippen LogP contribution is -2.56. The van der Waals surface area contributed by atoms with Crippen molar-refractivity contribution >= 4 is 11.9 Å². The molecule has 1 aliphatic rings. The average Bonchev–Trinajstić information content (AvgIpc) is 2.87. The maximum absolute atomic E-state index is 13.0. The van der Waals surface area contributed by atoms with Gasteiger partial charge < -0.3 is 15.1 Å². The molecule has 0 bridgehead atoms. The van der Waals surface area contributed by atoms with Gasteiger partial charge in [0.05, 0.1) is 6.04 Å². The van der Waals surface area contributed by atoms with Crippen LogP contribution in [0, 0.1) is 0 Å². The second-order valence-corrected chi connectivity index (χ2v) is 9.99. The van der Waals surface area contributed by atoms with Crippen molar-refractivity contribution in [1.29, 1.82) is 0 Å². The molecule has 2 N–H and O–H groups in total. The van der Waals surface area contributed by atoms with E-state index in [4.69, 9.17) is 5.11 Å². The number of nitrogens with zero attached hydrogens (tertiary/aromatic N) is 3. The van der Waals surface area contributed by atoms with Crippen molar-refractivity contribution in [1.82, 2.24) is 14.7 Å². The van der Waals surface area contributed by atoms with E-state index in [9.17, 15) is 14.7 Å². The molecule has 37 heavy (non-hydrogen) atoms. The van der Waals surface area contributed by atoms with Gasteiger partial charge in [-0.2, -0.15) is 0 Å². The molecule has 194 valence electrons. The zero-order chi connectivity index (χ0) is 26.5. The van der Waals surface area contributed by atoms with Crippen LogP contribution in [0.15, 0.2) is 78.9 Å². The number of rotatable bonds is 8. The number of amides is 1. The number of aliphatic carboxylic acids is 1. The Labute approximate surface area is 218 Å². The number of benzene rings is 3. The summed E-state index contributed by atoms with van der Waals surface area (Å²) in [7, 11) is 1.49. The molecule has 7 heteroatoms. The first-order valence-corrected chi connectivity index (χ1v) is 12.6. The minimum Gasteiger partial charge on any atom is -0.508 e. The van der Waals surface area contributed by atoms with Crippen LogP contribution in [0.3, 0.4) is 0 Å². The van der Waals surface area contributed by atoms with Crippen LogP contribution >= 0.6 is 0 Å². The van der Waals surface area contributed by atoms with Gasteiger partial charge in [0.1, 0.15) is 12.3 Å². The first kappa shape index (κ1) is 26.4. The van der Waals surface area contributed by atoms with E-state index in [1.54, 1.807) is 18.2 Å². The van der Waals surface area contributed by atoms with Crippen LogP contribution in [0.1, 0.15) is 46.9 Å². The van der Waals surface area contributed by atoms with Crippen LogP contribution in [0.4, 0.5) is 0 Å². The van der Waals surface area contributed by atoms with Gasteiger partial charge in [-0.1, -0.05) is 54.6 Å². The molecule has 0 saturated carbocycles. The van der Waals surface area contributed by atoms with E-state index in [0.29, 0.717) is 11.6 Å². The number of likely N-dealkylation sites (N-methyl/N-ethyl adjacent to an activating group) is 1. The predicted molar refractivity (Wildman–Crippen MR) is 143 cm³/mol. The normalized spacial score (nSPS) is 19.3. The molecular weight excluding hydrogens is 466 g/mol. The summed E-state index contributed by atoms with van der Waals surface area (Å²) in [5, 5.41) is 19.4. The molecule has 1 saturated heterocycles. The number of carbonyl (C=O) groups excluding carboxylic acids is 1. The van der Waals surface area contributed by atoms with Crippen LogP contribution < -0.4 is 0 Å². The molecule has 3 atom stereocenters. The quantitative estimate of drug-likeness (QED) is 0.481. The number of carboxylic acid groups (broad SMARTS) is 1. The highest BCUT2D eigenvalue weighted by molar-refractivity contribution is 5.95. The van der Waals surface area contributed by atoms with Crippen molar-refractivity contribution in [3.8, 4) is 5.75 Å². The van der Waals surface area contributed by atoms with Crippen molar-refractivity contribution in [2.24, 2.45) is 0 Å². The Kier molecular flexibility index (Phi) is 8.26. The summed E-state index contributed by atoms with van der Waals surface area (Å²) in [6.07, 6.45) is 0. The first-order chi connectivity index (χ1) is 17.7. The third kappa shape index (κ3) is 6.37. The fraction of sp³-hybridized carbons (Fsp3) is 0.333. The number of hydrogen-bond acceptors (Lipinski definition) is 5. The van der Waals surface area contributed by atoms with Crippen LogP contribution in [0.25, 0.3) is 0 Å². The highest BCUT2D eigenvalue weighted by Gasteiger charge is 2.35. The third-order valence-corrected chi connectivity index (χ3v) is 7.08. The first-order valence-electron chi connectivity index (χ1n) is 12.6. The van der Waals surface area contributed by atoms with E-state index in [0.717, 1.165) is 30.8 Å². The lowest BCUT2D eigenvalue weighted by molar-refractivity contribution is -0.137. The van der Waals surface area contributed by atoms with Gasteiger partial charge in [0.25, 0.3) is 5.91 Å². The van der Waals surface area contributed by atoms with Crippen molar-refractivity contribution in [3.05, 3.63) is 101 Å². The maximum Gasteiger partial charge on any atom is 0.323 e. The average molecular weight is 502 g/mol. The van der Waals surface area contributed by atoms with E-state index in [2.05, 4.69) is 47.9 Å². The summed E-state index contributed by atoms with van der Waals surface area (Å²) in [4.78, 5) is 30.2. The number of piperazine rings is 1. The maximum atomic E-state index is 13.0. The molecule has 1 fully saturated rings. The van der Waals surface area contributed by atoms with Gasteiger partial charge in [-0.3, -0.25) is 19.4 Å². The highest BCUT2D eigenvalue weighted by Crippen LogP contribution is 2.35. The van der Waals surface area contributed by atoms with Gasteiger partial charge in [0.2, 0.25) is 0 Å². The molecule has 4 rings (SSSR count). The molecule has 3 aromatic carbocycles. The van der Waals surface area contributed by atoms with E-state index in [1.807, 2.05) is 36.4 Å². The van der Waals surface area contributed by atoms with E-state index in [1.165, 1.54) is 17.5 Å². The summed E-state index contributed by atoms with van der Waals surface area (Å²) in [6.45, 7) is 6.67. The Morgan fingerprint density at radius 1 is 0.919 bits per heavy atom. The van der Waals surface area contributed by atoms with Crippen LogP contribution in [-0.2, 0) is 11.3 Å². The smallest absolute Gasteiger partial charge is 0.323 e. The van der Waals surface area contributed by atoms with Gasteiger partial charge in [0, 0.05) is 44.3 Å². The topological polar surface area (TPSA) is 84.3 Å². The standard InChI is InChI=1S/C30H35N3O4/c1-21-18-33(22(2)17-32(21)19-23-9-5-4-6-10-23)29(25-12-8-14-27(34)16-25)24-11-7-13-26(15-24)30(37)31(3)20-28(35)36/h4-16,21-22,29,34H,17-20H2,1-3H3,(H,35,36)/t21-,22+,29-/m1/s1. The molecule has 0 radical (unpaired) electrons. The molecule has 0 aliphatic carbocycles. The monoisotopic (exact) mass is 501 g/mol. The number of phenols is 1. The molecule has 3 aromatic rings. The lowest BCUT2D eigenvalue weighted by atomic mass is 9.92. The number of carbonyl (C=O) groups is 2.